The summed E-state index contributed by atoms with van der Waals surface area (Å²) in [6, 6.07) is 10.7. The number of piperidine rings is 1. The molecule has 1 fully saturated rings. The molecule has 3 rings (SSSR count). The zero-order valence-electron chi connectivity index (χ0n) is 14.5. The number of aryl methyl sites for hydroxylation is 1. The first-order chi connectivity index (χ1) is 12.4. The van der Waals surface area contributed by atoms with Crippen molar-refractivity contribution in [1.29, 1.82) is 0 Å². The Morgan fingerprint density at radius 2 is 1.81 bits per heavy atom. The van der Waals surface area contributed by atoms with Gasteiger partial charge in [-0.1, -0.05) is 24.3 Å². The SMILES string of the molecule is Cc1ccccc1OCC1CCCN(S(=O)(=O)c2c(F)cccc2F)C1. The third kappa shape index (κ3) is 3.88. The molecule has 1 aliphatic heterocycles. The second-order valence-corrected chi connectivity index (χ2v) is 8.37. The molecule has 1 aliphatic rings. The van der Waals surface area contributed by atoms with Gasteiger partial charge in [0.25, 0.3) is 0 Å². The molecule has 0 spiro atoms. The molecule has 0 bridgehead atoms. The van der Waals surface area contributed by atoms with E-state index in [2.05, 4.69) is 0 Å². The van der Waals surface area contributed by atoms with Crippen molar-refractivity contribution >= 4 is 10.0 Å². The summed E-state index contributed by atoms with van der Waals surface area (Å²) >= 11 is 0. The molecule has 0 radical (unpaired) electrons. The van der Waals surface area contributed by atoms with Crippen molar-refractivity contribution < 1.29 is 21.9 Å². The lowest BCUT2D eigenvalue weighted by Crippen LogP contribution is -2.42. The van der Waals surface area contributed by atoms with Crippen LogP contribution in [-0.4, -0.2) is 32.4 Å². The summed E-state index contributed by atoms with van der Waals surface area (Å²) in [4.78, 5) is -0.875. The van der Waals surface area contributed by atoms with E-state index in [4.69, 9.17) is 4.74 Å². The number of para-hydroxylation sites is 1. The predicted molar refractivity (Wildman–Crippen MR) is 94.5 cm³/mol. The number of hydrogen-bond acceptors (Lipinski definition) is 3. The Hall–Kier alpha value is -1.99. The lowest BCUT2D eigenvalue weighted by atomic mass is 10.0. The summed E-state index contributed by atoms with van der Waals surface area (Å²) < 4.78 is 60.3. The smallest absolute Gasteiger partial charge is 0.248 e. The van der Waals surface area contributed by atoms with Crippen LogP contribution in [0.15, 0.2) is 47.4 Å². The van der Waals surface area contributed by atoms with Crippen LogP contribution < -0.4 is 4.74 Å². The van der Waals surface area contributed by atoms with Crippen molar-refractivity contribution in [2.45, 2.75) is 24.7 Å². The molecule has 0 amide bonds. The maximum atomic E-state index is 13.9. The lowest BCUT2D eigenvalue weighted by Gasteiger charge is -2.32. The zero-order valence-corrected chi connectivity index (χ0v) is 15.3. The van der Waals surface area contributed by atoms with E-state index in [9.17, 15) is 17.2 Å². The van der Waals surface area contributed by atoms with Crippen LogP contribution in [0.1, 0.15) is 18.4 Å². The van der Waals surface area contributed by atoms with E-state index in [1.54, 1.807) is 0 Å². The minimum absolute atomic E-state index is 0.0343. The highest BCUT2D eigenvalue weighted by molar-refractivity contribution is 7.89. The Kier molecular flexibility index (Phi) is 5.58. The van der Waals surface area contributed by atoms with Crippen LogP contribution in [0.3, 0.4) is 0 Å². The number of hydrogen-bond donors (Lipinski definition) is 0. The fourth-order valence-corrected chi connectivity index (χ4v) is 4.83. The summed E-state index contributed by atoms with van der Waals surface area (Å²) in [5, 5.41) is 0. The molecular formula is C19H21F2NO3S. The molecule has 26 heavy (non-hydrogen) atoms. The van der Waals surface area contributed by atoms with Gasteiger partial charge >= 0.3 is 0 Å². The molecule has 1 heterocycles. The second kappa shape index (κ2) is 7.72. The molecule has 0 aliphatic carbocycles. The van der Waals surface area contributed by atoms with E-state index < -0.39 is 26.6 Å². The predicted octanol–water partition coefficient (Wildman–Crippen LogP) is 3.75. The zero-order chi connectivity index (χ0) is 18.7. The molecule has 1 unspecified atom stereocenters. The summed E-state index contributed by atoms with van der Waals surface area (Å²) in [5.74, 6) is -1.41. The van der Waals surface area contributed by atoms with Gasteiger partial charge in [0.15, 0.2) is 4.90 Å². The molecule has 1 atom stereocenters. The monoisotopic (exact) mass is 381 g/mol. The van der Waals surface area contributed by atoms with Crippen molar-refractivity contribution in [2.24, 2.45) is 5.92 Å². The molecule has 0 N–H and O–H groups in total. The van der Waals surface area contributed by atoms with Gasteiger partial charge in [0, 0.05) is 19.0 Å². The summed E-state index contributed by atoms with van der Waals surface area (Å²) in [5.41, 5.74) is 1.00. The molecule has 140 valence electrons. The van der Waals surface area contributed by atoms with Gasteiger partial charge in [0.2, 0.25) is 10.0 Å². The van der Waals surface area contributed by atoms with Crippen molar-refractivity contribution in [2.75, 3.05) is 19.7 Å². The first-order valence-corrected chi connectivity index (χ1v) is 9.96. The third-order valence-corrected chi connectivity index (χ3v) is 6.48. The minimum atomic E-state index is -4.22. The fraction of sp³-hybridized carbons (Fsp3) is 0.368. The molecule has 7 heteroatoms. The number of benzene rings is 2. The van der Waals surface area contributed by atoms with Crippen molar-refractivity contribution in [3.8, 4) is 5.75 Å². The minimum Gasteiger partial charge on any atom is -0.493 e. The maximum Gasteiger partial charge on any atom is 0.248 e. The first-order valence-electron chi connectivity index (χ1n) is 8.52. The number of halogens is 2. The molecule has 4 nitrogen and oxygen atoms in total. The van der Waals surface area contributed by atoms with Gasteiger partial charge in [-0.15, -0.1) is 0 Å². The third-order valence-electron chi connectivity index (χ3n) is 4.57. The van der Waals surface area contributed by atoms with Crippen LogP contribution in [0.2, 0.25) is 0 Å². The second-order valence-electron chi connectivity index (χ2n) is 6.50. The van der Waals surface area contributed by atoms with Crippen LogP contribution in [0.25, 0.3) is 0 Å². The van der Waals surface area contributed by atoms with E-state index in [0.29, 0.717) is 13.0 Å². The van der Waals surface area contributed by atoms with Crippen LogP contribution >= 0.6 is 0 Å². The van der Waals surface area contributed by atoms with Crippen molar-refractivity contribution in [3.63, 3.8) is 0 Å². The Morgan fingerprint density at radius 3 is 2.50 bits per heavy atom. The highest BCUT2D eigenvalue weighted by Gasteiger charge is 2.34. The molecule has 2 aromatic rings. The quantitative estimate of drug-likeness (QED) is 0.792. The van der Waals surface area contributed by atoms with Gasteiger partial charge in [0.05, 0.1) is 6.61 Å². The summed E-state index contributed by atoms with van der Waals surface area (Å²) in [6.07, 6.45) is 1.43. The van der Waals surface area contributed by atoms with Gasteiger partial charge in [-0.3, -0.25) is 0 Å². The van der Waals surface area contributed by atoms with E-state index >= 15 is 0 Å². The van der Waals surface area contributed by atoms with Gasteiger partial charge < -0.3 is 4.74 Å². The van der Waals surface area contributed by atoms with Gasteiger partial charge in [-0.05, 0) is 43.5 Å². The average Bonchev–Trinajstić information content (AvgIpc) is 2.61. The Morgan fingerprint density at radius 1 is 1.12 bits per heavy atom. The van der Waals surface area contributed by atoms with Gasteiger partial charge in [-0.2, -0.15) is 4.31 Å². The van der Waals surface area contributed by atoms with Gasteiger partial charge in [0.1, 0.15) is 17.4 Å². The first kappa shape index (κ1) is 18.8. The van der Waals surface area contributed by atoms with Gasteiger partial charge in [-0.25, -0.2) is 17.2 Å². The largest absolute Gasteiger partial charge is 0.493 e. The standard InChI is InChI=1S/C19H21F2NO3S/c1-14-6-2-3-10-18(14)25-13-15-7-5-11-22(12-15)26(23,24)19-16(20)8-4-9-17(19)21/h2-4,6,8-10,15H,5,7,11-13H2,1H3. The molecule has 2 aromatic carbocycles. The average molecular weight is 381 g/mol. The lowest BCUT2D eigenvalue weighted by molar-refractivity contribution is 0.179. The molecule has 0 saturated carbocycles. The highest BCUT2D eigenvalue weighted by atomic mass is 32.2. The summed E-state index contributed by atoms with van der Waals surface area (Å²) in [7, 11) is -4.22. The fourth-order valence-electron chi connectivity index (χ4n) is 3.17. The number of rotatable bonds is 5. The Bertz CT molecular complexity index is 866. The normalized spacial score (nSPS) is 18.7. The topological polar surface area (TPSA) is 46.6 Å². The number of nitrogens with zero attached hydrogens (tertiary/aromatic N) is 1. The summed E-state index contributed by atoms with van der Waals surface area (Å²) in [6.45, 7) is 2.73. The van der Waals surface area contributed by atoms with E-state index in [-0.39, 0.29) is 19.0 Å². The van der Waals surface area contributed by atoms with Crippen molar-refractivity contribution in [1.82, 2.24) is 4.31 Å². The maximum absolute atomic E-state index is 13.9. The molecule has 0 aromatic heterocycles. The van der Waals surface area contributed by atoms with Crippen LogP contribution in [0.4, 0.5) is 8.78 Å². The van der Waals surface area contributed by atoms with E-state index in [1.165, 1.54) is 0 Å². The Labute approximate surface area is 152 Å². The van der Waals surface area contributed by atoms with Crippen LogP contribution in [0.5, 0.6) is 5.75 Å². The highest BCUT2D eigenvalue weighted by Crippen LogP contribution is 2.28. The Balaban J connectivity index is 1.73. The number of ether oxygens (including phenoxy) is 1. The van der Waals surface area contributed by atoms with E-state index in [1.807, 2.05) is 31.2 Å². The van der Waals surface area contributed by atoms with Crippen LogP contribution in [0, 0.1) is 24.5 Å². The van der Waals surface area contributed by atoms with E-state index in [0.717, 1.165) is 40.2 Å². The number of sulfonamides is 1. The van der Waals surface area contributed by atoms with Crippen molar-refractivity contribution in [3.05, 3.63) is 59.7 Å². The van der Waals surface area contributed by atoms with Crippen LogP contribution in [-0.2, 0) is 10.0 Å². The molecular weight excluding hydrogens is 360 g/mol. The molecule has 1 saturated heterocycles.